The van der Waals surface area contributed by atoms with Crippen LogP contribution in [0.2, 0.25) is 0 Å². The third-order valence-electron chi connectivity index (χ3n) is 5.26. The van der Waals surface area contributed by atoms with Crippen molar-refractivity contribution in [1.82, 2.24) is 0 Å². The standard InChI is InChI=1S/C20H25N/c1-15-9-8-13-18(16(15)2)20(21)14-7-6-12-19(20)17-10-4-3-5-11-17/h3-5,8-11,13,19H,6-7,12,14,21H2,1-2H3. The minimum atomic E-state index is -0.226. The Morgan fingerprint density at radius 3 is 2.48 bits per heavy atom. The Kier molecular flexibility index (Phi) is 3.86. The van der Waals surface area contributed by atoms with E-state index in [0.717, 1.165) is 6.42 Å². The average Bonchev–Trinajstić information content (AvgIpc) is 2.51. The van der Waals surface area contributed by atoms with Gasteiger partial charge in [0.1, 0.15) is 0 Å². The summed E-state index contributed by atoms with van der Waals surface area (Å²) in [6.45, 7) is 4.40. The van der Waals surface area contributed by atoms with Crippen LogP contribution in [0.3, 0.4) is 0 Å². The largest absolute Gasteiger partial charge is 0.321 e. The summed E-state index contributed by atoms with van der Waals surface area (Å²) < 4.78 is 0. The van der Waals surface area contributed by atoms with Crippen molar-refractivity contribution in [3.8, 4) is 0 Å². The SMILES string of the molecule is Cc1cccc(C2(N)CCCCC2c2ccccc2)c1C. The van der Waals surface area contributed by atoms with Gasteiger partial charge in [0, 0.05) is 11.5 Å². The van der Waals surface area contributed by atoms with Crippen LogP contribution in [-0.4, -0.2) is 0 Å². The van der Waals surface area contributed by atoms with E-state index in [2.05, 4.69) is 62.4 Å². The molecule has 0 bridgehead atoms. The second-order valence-corrected chi connectivity index (χ2v) is 6.50. The molecule has 0 spiro atoms. The van der Waals surface area contributed by atoms with Gasteiger partial charge in [-0.15, -0.1) is 0 Å². The van der Waals surface area contributed by atoms with Crippen LogP contribution in [0, 0.1) is 13.8 Å². The van der Waals surface area contributed by atoms with Crippen molar-refractivity contribution in [2.24, 2.45) is 5.73 Å². The summed E-state index contributed by atoms with van der Waals surface area (Å²) in [6.07, 6.45) is 4.78. The number of hydrogen-bond acceptors (Lipinski definition) is 1. The van der Waals surface area contributed by atoms with Crippen LogP contribution in [-0.2, 0) is 5.54 Å². The average molecular weight is 279 g/mol. The normalized spacial score (nSPS) is 25.8. The molecule has 1 saturated carbocycles. The monoisotopic (exact) mass is 279 g/mol. The third-order valence-corrected chi connectivity index (χ3v) is 5.26. The van der Waals surface area contributed by atoms with Gasteiger partial charge in [0.15, 0.2) is 0 Å². The van der Waals surface area contributed by atoms with Gasteiger partial charge in [-0.2, -0.15) is 0 Å². The molecule has 2 aromatic carbocycles. The molecule has 0 aliphatic heterocycles. The number of aryl methyl sites for hydroxylation is 1. The summed E-state index contributed by atoms with van der Waals surface area (Å²) in [4.78, 5) is 0. The topological polar surface area (TPSA) is 26.0 Å². The highest BCUT2D eigenvalue weighted by Gasteiger charge is 2.40. The zero-order chi connectivity index (χ0) is 14.9. The molecule has 0 saturated heterocycles. The van der Waals surface area contributed by atoms with Gasteiger partial charge in [0.2, 0.25) is 0 Å². The summed E-state index contributed by atoms with van der Waals surface area (Å²) in [7, 11) is 0. The Morgan fingerprint density at radius 1 is 0.952 bits per heavy atom. The molecule has 1 nitrogen and oxygen atoms in total. The van der Waals surface area contributed by atoms with E-state index in [1.165, 1.54) is 41.5 Å². The first-order valence-corrected chi connectivity index (χ1v) is 8.03. The minimum Gasteiger partial charge on any atom is -0.321 e. The molecule has 1 fully saturated rings. The molecule has 2 aromatic rings. The van der Waals surface area contributed by atoms with E-state index in [4.69, 9.17) is 5.73 Å². The van der Waals surface area contributed by atoms with Crippen LogP contribution in [0.1, 0.15) is 53.9 Å². The van der Waals surface area contributed by atoms with Crippen molar-refractivity contribution in [2.75, 3.05) is 0 Å². The number of benzene rings is 2. The Morgan fingerprint density at radius 2 is 1.71 bits per heavy atom. The van der Waals surface area contributed by atoms with Gasteiger partial charge in [-0.25, -0.2) is 0 Å². The lowest BCUT2D eigenvalue weighted by Crippen LogP contribution is -2.45. The smallest absolute Gasteiger partial charge is 0.0481 e. The van der Waals surface area contributed by atoms with Gasteiger partial charge in [-0.05, 0) is 48.9 Å². The molecule has 2 atom stereocenters. The molecule has 0 radical (unpaired) electrons. The van der Waals surface area contributed by atoms with Crippen molar-refractivity contribution >= 4 is 0 Å². The van der Waals surface area contributed by atoms with Gasteiger partial charge >= 0.3 is 0 Å². The Hall–Kier alpha value is -1.60. The van der Waals surface area contributed by atoms with Crippen LogP contribution < -0.4 is 5.73 Å². The Bertz CT molecular complexity index is 617. The maximum absolute atomic E-state index is 7.03. The van der Waals surface area contributed by atoms with E-state index in [1.807, 2.05) is 0 Å². The predicted molar refractivity (Wildman–Crippen MR) is 89.4 cm³/mol. The van der Waals surface area contributed by atoms with Crippen LogP contribution in [0.25, 0.3) is 0 Å². The van der Waals surface area contributed by atoms with Gasteiger partial charge < -0.3 is 5.73 Å². The van der Waals surface area contributed by atoms with Crippen molar-refractivity contribution in [3.05, 3.63) is 70.8 Å². The zero-order valence-electron chi connectivity index (χ0n) is 13.1. The van der Waals surface area contributed by atoms with E-state index in [9.17, 15) is 0 Å². The van der Waals surface area contributed by atoms with Crippen molar-refractivity contribution in [3.63, 3.8) is 0 Å². The van der Waals surface area contributed by atoms with Crippen molar-refractivity contribution in [2.45, 2.75) is 51.0 Å². The summed E-state index contributed by atoms with van der Waals surface area (Å²) >= 11 is 0. The highest BCUT2D eigenvalue weighted by atomic mass is 14.8. The quantitative estimate of drug-likeness (QED) is 0.838. The van der Waals surface area contributed by atoms with E-state index in [-0.39, 0.29) is 5.54 Å². The first-order valence-electron chi connectivity index (χ1n) is 8.03. The first kappa shape index (κ1) is 14.3. The summed E-state index contributed by atoms with van der Waals surface area (Å²) in [5.74, 6) is 0.424. The van der Waals surface area contributed by atoms with Gasteiger partial charge in [-0.3, -0.25) is 0 Å². The predicted octanol–water partition coefficient (Wildman–Crippen LogP) is 4.82. The molecule has 21 heavy (non-hydrogen) atoms. The highest BCUT2D eigenvalue weighted by Crippen LogP contribution is 2.46. The van der Waals surface area contributed by atoms with Crippen molar-refractivity contribution in [1.29, 1.82) is 0 Å². The lowest BCUT2D eigenvalue weighted by atomic mass is 9.66. The molecule has 0 aromatic heterocycles. The molecular formula is C20H25N. The lowest BCUT2D eigenvalue weighted by molar-refractivity contribution is 0.253. The third kappa shape index (κ3) is 2.51. The van der Waals surface area contributed by atoms with Gasteiger partial charge in [0.25, 0.3) is 0 Å². The molecule has 2 N–H and O–H groups in total. The van der Waals surface area contributed by atoms with Crippen molar-refractivity contribution < 1.29 is 0 Å². The first-order chi connectivity index (χ1) is 10.1. The maximum Gasteiger partial charge on any atom is 0.0481 e. The molecule has 3 rings (SSSR count). The van der Waals surface area contributed by atoms with Crippen LogP contribution in [0.5, 0.6) is 0 Å². The molecule has 110 valence electrons. The molecule has 0 amide bonds. The fraction of sp³-hybridized carbons (Fsp3) is 0.400. The number of nitrogens with two attached hydrogens (primary N) is 1. The summed E-state index contributed by atoms with van der Waals surface area (Å²) in [5.41, 5.74) is 12.2. The Labute approximate surface area is 128 Å². The van der Waals surface area contributed by atoms with Crippen LogP contribution >= 0.6 is 0 Å². The van der Waals surface area contributed by atoms with Gasteiger partial charge in [-0.1, -0.05) is 61.4 Å². The molecule has 2 unspecified atom stereocenters. The molecule has 1 aliphatic carbocycles. The Balaban J connectivity index is 2.09. The number of hydrogen-bond donors (Lipinski definition) is 1. The van der Waals surface area contributed by atoms with E-state index in [1.54, 1.807) is 0 Å². The highest BCUT2D eigenvalue weighted by molar-refractivity contribution is 5.41. The van der Waals surface area contributed by atoms with E-state index < -0.39 is 0 Å². The summed E-state index contributed by atoms with van der Waals surface area (Å²) in [6, 6.07) is 17.4. The van der Waals surface area contributed by atoms with E-state index >= 15 is 0 Å². The number of rotatable bonds is 2. The molecule has 1 aliphatic rings. The van der Waals surface area contributed by atoms with Crippen LogP contribution in [0.4, 0.5) is 0 Å². The minimum absolute atomic E-state index is 0.226. The fourth-order valence-electron chi connectivity index (χ4n) is 3.92. The van der Waals surface area contributed by atoms with Gasteiger partial charge in [0.05, 0.1) is 0 Å². The molecule has 1 heteroatoms. The fourth-order valence-corrected chi connectivity index (χ4v) is 3.92. The lowest BCUT2D eigenvalue weighted by Gasteiger charge is -2.43. The maximum atomic E-state index is 7.03. The second kappa shape index (κ2) is 5.65. The van der Waals surface area contributed by atoms with E-state index in [0.29, 0.717) is 5.92 Å². The zero-order valence-corrected chi connectivity index (χ0v) is 13.1. The second-order valence-electron chi connectivity index (χ2n) is 6.50. The molecular weight excluding hydrogens is 254 g/mol. The molecule has 0 heterocycles. The van der Waals surface area contributed by atoms with Crippen LogP contribution in [0.15, 0.2) is 48.5 Å². The summed E-state index contributed by atoms with van der Waals surface area (Å²) in [5, 5.41) is 0.